The Morgan fingerprint density at radius 2 is 1.86 bits per heavy atom. The Morgan fingerprint density at radius 3 is 2.29 bits per heavy atom. The Morgan fingerprint density at radius 1 is 1.29 bits per heavy atom. The zero-order chi connectivity index (χ0) is 10.9. The van der Waals surface area contributed by atoms with E-state index in [4.69, 9.17) is 5.73 Å². The fourth-order valence-corrected chi connectivity index (χ4v) is 2.60. The number of alkyl halides is 3. The Bertz CT molecular complexity index is 188. The van der Waals surface area contributed by atoms with E-state index in [2.05, 4.69) is 0 Å². The molecule has 2 N–H and O–H groups in total. The first kappa shape index (κ1) is 11.8. The molecule has 14 heavy (non-hydrogen) atoms. The predicted molar refractivity (Wildman–Crippen MR) is 49.7 cm³/mol. The molecule has 0 saturated heterocycles. The minimum Gasteiger partial charge on any atom is -0.328 e. The topological polar surface area (TPSA) is 26.0 Å². The molecule has 4 unspecified atom stereocenters. The highest BCUT2D eigenvalue weighted by atomic mass is 19.4. The van der Waals surface area contributed by atoms with Crippen LogP contribution in [0.1, 0.15) is 33.1 Å². The fraction of sp³-hybridized carbons (Fsp3) is 1.00. The molecule has 0 aromatic carbocycles. The van der Waals surface area contributed by atoms with Gasteiger partial charge in [0, 0.05) is 6.04 Å². The van der Waals surface area contributed by atoms with Crippen LogP contribution in [0.3, 0.4) is 0 Å². The molecule has 1 saturated carbocycles. The van der Waals surface area contributed by atoms with Crippen LogP contribution < -0.4 is 5.73 Å². The summed E-state index contributed by atoms with van der Waals surface area (Å²) in [6.45, 7) is 3.49. The Kier molecular flexibility index (Phi) is 3.45. The van der Waals surface area contributed by atoms with Gasteiger partial charge in [0.1, 0.15) is 0 Å². The number of rotatable bonds is 1. The van der Waals surface area contributed by atoms with Gasteiger partial charge in [0.15, 0.2) is 0 Å². The average molecular weight is 209 g/mol. The lowest BCUT2D eigenvalue weighted by atomic mass is 9.70. The lowest BCUT2D eigenvalue weighted by molar-refractivity contribution is -0.201. The number of hydrogen-bond donors (Lipinski definition) is 1. The van der Waals surface area contributed by atoms with Crippen molar-refractivity contribution >= 4 is 0 Å². The minimum atomic E-state index is -4.05. The van der Waals surface area contributed by atoms with Gasteiger partial charge in [-0.25, -0.2) is 0 Å². The van der Waals surface area contributed by atoms with Crippen LogP contribution in [0.2, 0.25) is 0 Å². The molecule has 1 aliphatic carbocycles. The molecule has 0 amide bonds. The van der Waals surface area contributed by atoms with Crippen molar-refractivity contribution in [1.29, 1.82) is 0 Å². The van der Waals surface area contributed by atoms with Crippen molar-refractivity contribution in [2.24, 2.45) is 23.5 Å². The zero-order valence-corrected chi connectivity index (χ0v) is 8.64. The van der Waals surface area contributed by atoms with Gasteiger partial charge in [0.25, 0.3) is 0 Å². The molecule has 0 aromatic rings. The summed E-state index contributed by atoms with van der Waals surface area (Å²) in [5.41, 5.74) is 5.70. The van der Waals surface area contributed by atoms with E-state index in [1.807, 2.05) is 0 Å². The minimum absolute atomic E-state index is 0.0235. The van der Waals surface area contributed by atoms with Gasteiger partial charge in [-0.3, -0.25) is 0 Å². The van der Waals surface area contributed by atoms with Crippen LogP contribution in [0, 0.1) is 17.8 Å². The third-order valence-corrected chi connectivity index (χ3v) is 3.46. The van der Waals surface area contributed by atoms with Crippen molar-refractivity contribution in [2.45, 2.75) is 45.3 Å². The maximum absolute atomic E-state index is 12.6. The van der Waals surface area contributed by atoms with Crippen molar-refractivity contribution in [2.75, 3.05) is 0 Å². The van der Waals surface area contributed by atoms with E-state index < -0.39 is 12.1 Å². The molecule has 0 spiro atoms. The van der Waals surface area contributed by atoms with Crippen LogP contribution in [0.5, 0.6) is 0 Å². The normalized spacial score (nSPS) is 36.9. The first-order valence-corrected chi connectivity index (χ1v) is 5.16. The molecule has 1 aliphatic rings. The molecular formula is C10H18F3N. The summed E-state index contributed by atoms with van der Waals surface area (Å²) < 4.78 is 37.8. The largest absolute Gasteiger partial charge is 0.392 e. The van der Waals surface area contributed by atoms with Gasteiger partial charge >= 0.3 is 6.18 Å². The third kappa shape index (κ3) is 2.41. The monoisotopic (exact) mass is 209 g/mol. The Hall–Kier alpha value is -0.250. The van der Waals surface area contributed by atoms with E-state index in [-0.39, 0.29) is 24.3 Å². The maximum Gasteiger partial charge on any atom is 0.392 e. The van der Waals surface area contributed by atoms with Crippen LogP contribution in [-0.2, 0) is 0 Å². The summed E-state index contributed by atoms with van der Waals surface area (Å²) in [6, 6.07) is -0.129. The summed E-state index contributed by atoms with van der Waals surface area (Å²) in [5.74, 6) is -1.45. The Labute approximate surface area is 82.9 Å². The van der Waals surface area contributed by atoms with E-state index in [1.54, 1.807) is 13.8 Å². The zero-order valence-electron chi connectivity index (χ0n) is 8.64. The van der Waals surface area contributed by atoms with Gasteiger partial charge in [0.05, 0.1) is 5.92 Å². The SMILES string of the molecule is CC(N)C1CCCC(C(F)(F)F)C1C. The molecule has 0 aliphatic heterocycles. The number of halogens is 3. The molecule has 0 bridgehead atoms. The highest BCUT2D eigenvalue weighted by molar-refractivity contribution is 4.86. The summed E-state index contributed by atoms with van der Waals surface area (Å²) >= 11 is 0. The second kappa shape index (κ2) is 4.09. The molecule has 1 fully saturated rings. The quantitative estimate of drug-likeness (QED) is 0.706. The first-order valence-electron chi connectivity index (χ1n) is 5.16. The standard InChI is InChI=1S/C10H18F3N/c1-6-8(7(2)14)4-3-5-9(6)10(11,12)13/h6-9H,3-5,14H2,1-2H3. The molecule has 4 heteroatoms. The van der Waals surface area contributed by atoms with Gasteiger partial charge in [-0.15, -0.1) is 0 Å². The second-order valence-electron chi connectivity index (χ2n) is 4.46. The van der Waals surface area contributed by atoms with Crippen LogP contribution in [0.4, 0.5) is 13.2 Å². The molecule has 1 rings (SSSR count). The van der Waals surface area contributed by atoms with E-state index in [1.165, 1.54) is 0 Å². The van der Waals surface area contributed by atoms with Crippen molar-refractivity contribution < 1.29 is 13.2 Å². The van der Waals surface area contributed by atoms with Gasteiger partial charge in [-0.1, -0.05) is 13.3 Å². The lowest BCUT2D eigenvalue weighted by Gasteiger charge is -2.38. The van der Waals surface area contributed by atoms with Gasteiger partial charge in [0.2, 0.25) is 0 Å². The summed E-state index contributed by atoms with van der Waals surface area (Å²) in [6.07, 6.45) is -2.28. The summed E-state index contributed by atoms with van der Waals surface area (Å²) in [7, 11) is 0. The van der Waals surface area contributed by atoms with Crippen molar-refractivity contribution in [3.63, 3.8) is 0 Å². The van der Waals surface area contributed by atoms with Crippen molar-refractivity contribution in [1.82, 2.24) is 0 Å². The average Bonchev–Trinajstić information content (AvgIpc) is 2.01. The molecule has 4 atom stereocenters. The first-order chi connectivity index (χ1) is 6.34. The Balaban J connectivity index is 2.71. The fourth-order valence-electron chi connectivity index (χ4n) is 2.60. The van der Waals surface area contributed by atoms with Crippen LogP contribution >= 0.6 is 0 Å². The van der Waals surface area contributed by atoms with Crippen molar-refractivity contribution in [3.05, 3.63) is 0 Å². The second-order valence-corrected chi connectivity index (χ2v) is 4.46. The summed E-state index contributed by atoms with van der Waals surface area (Å²) in [5, 5.41) is 0. The maximum atomic E-state index is 12.6. The van der Waals surface area contributed by atoms with E-state index in [0.717, 1.165) is 6.42 Å². The van der Waals surface area contributed by atoms with Gasteiger partial charge < -0.3 is 5.73 Å². The molecule has 0 heterocycles. The molecule has 0 aromatic heterocycles. The smallest absolute Gasteiger partial charge is 0.328 e. The predicted octanol–water partition coefficient (Wildman–Crippen LogP) is 2.95. The van der Waals surface area contributed by atoms with Crippen LogP contribution in [-0.4, -0.2) is 12.2 Å². The summed E-state index contributed by atoms with van der Waals surface area (Å²) in [4.78, 5) is 0. The highest BCUT2D eigenvalue weighted by Gasteiger charge is 2.47. The van der Waals surface area contributed by atoms with E-state index in [0.29, 0.717) is 6.42 Å². The van der Waals surface area contributed by atoms with Crippen LogP contribution in [0.15, 0.2) is 0 Å². The molecule has 84 valence electrons. The molecule has 0 radical (unpaired) electrons. The van der Waals surface area contributed by atoms with Gasteiger partial charge in [-0.05, 0) is 31.6 Å². The van der Waals surface area contributed by atoms with E-state index >= 15 is 0 Å². The van der Waals surface area contributed by atoms with Crippen LogP contribution in [0.25, 0.3) is 0 Å². The van der Waals surface area contributed by atoms with Crippen molar-refractivity contribution in [3.8, 4) is 0 Å². The van der Waals surface area contributed by atoms with E-state index in [9.17, 15) is 13.2 Å². The third-order valence-electron chi connectivity index (χ3n) is 3.46. The molecular weight excluding hydrogens is 191 g/mol. The molecule has 1 nitrogen and oxygen atoms in total. The lowest BCUT2D eigenvalue weighted by Crippen LogP contribution is -2.42. The number of nitrogens with two attached hydrogens (primary N) is 1. The van der Waals surface area contributed by atoms with Gasteiger partial charge in [-0.2, -0.15) is 13.2 Å². The highest BCUT2D eigenvalue weighted by Crippen LogP contribution is 2.44. The number of hydrogen-bond acceptors (Lipinski definition) is 1.